The van der Waals surface area contributed by atoms with Crippen molar-refractivity contribution >= 4 is 5.97 Å². The third-order valence-electron chi connectivity index (χ3n) is 2.81. The van der Waals surface area contributed by atoms with E-state index in [0.717, 1.165) is 25.7 Å². The van der Waals surface area contributed by atoms with Crippen molar-refractivity contribution in [2.24, 2.45) is 5.92 Å². The number of esters is 1. The first-order valence-corrected chi connectivity index (χ1v) is 5.51. The summed E-state index contributed by atoms with van der Waals surface area (Å²) in [5.74, 6) is -0.0194. The molecule has 0 aromatic heterocycles. The number of carbonyl (C=O) groups excluding carboxylic acids is 1. The van der Waals surface area contributed by atoms with Gasteiger partial charge in [-0.05, 0) is 38.7 Å². The summed E-state index contributed by atoms with van der Waals surface area (Å²) < 4.78 is 5.40. The van der Waals surface area contributed by atoms with Crippen LogP contribution in [0.1, 0.15) is 46.5 Å². The van der Waals surface area contributed by atoms with Crippen LogP contribution >= 0.6 is 0 Å². The van der Waals surface area contributed by atoms with Crippen molar-refractivity contribution in [3.63, 3.8) is 0 Å². The van der Waals surface area contributed by atoms with Crippen LogP contribution < -0.4 is 0 Å². The Hall–Kier alpha value is -0.790. The van der Waals surface area contributed by atoms with Gasteiger partial charge in [0.15, 0.2) is 0 Å². The van der Waals surface area contributed by atoms with Crippen molar-refractivity contribution in [1.82, 2.24) is 0 Å². The molecule has 0 amide bonds. The quantitative estimate of drug-likeness (QED) is 0.512. The molecule has 2 nitrogen and oxygen atoms in total. The highest BCUT2D eigenvalue weighted by Gasteiger charge is 2.19. The Labute approximate surface area is 86.3 Å². The van der Waals surface area contributed by atoms with E-state index in [4.69, 9.17) is 4.74 Å². The van der Waals surface area contributed by atoms with Gasteiger partial charge in [0.1, 0.15) is 6.10 Å². The molecular weight excluding hydrogens is 176 g/mol. The summed E-state index contributed by atoms with van der Waals surface area (Å²) in [7, 11) is 0. The van der Waals surface area contributed by atoms with Crippen molar-refractivity contribution in [2.75, 3.05) is 0 Å². The van der Waals surface area contributed by atoms with Crippen molar-refractivity contribution in [2.45, 2.75) is 52.6 Å². The molecule has 0 aromatic rings. The van der Waals surface area contributed by atoms with Crippen LogP contribution in [-0.2, 0) is 9.53 Å². The first-order chi connectivity index (χ1) is 6.63. The topological polar surface area (TPSA) is 26.3 Å². The Balaban J connectivity index is 2.44. The second-order valence-electron chi connectivity index (χ2n) is 4.19. The molecule has 2 heteroatoms. The van der Waals surface area contributed by atoms with Crippen LogP contribution in [0.4, 0.5) is 0 Å². The summed E-state index contributed by atoms with van der Waals surface area (Å²) in [4.78, 5) is 11.5. The summed E-state index contributed by atoms with van der Waals surface area (Å²) in [6.07, 6.45) is 6.25. The maximum atomic E-state index is 11.5. The summed E-state index contributed by atoms with van der Waals surface area (Å²) >= 11 is 0. The molecular formula is C12H20O2. The number of hydrogen-bond donors (Lipinski definition) is 0. The Morgan fingerprint density at radius 3 is 3.00 bits per heavy atom. The highest BCUT2D eigenvalue weighted by atomic mass is 16.5. The number of ether oxygens (including phenoxy) is 1. The number of rotatable bonds is 3. The van der Waals surface area contributed by atoms with Gasteiger partial charge in [0.25, 0.3) is 0 Å². The van der Waals surface area contributed by atoms with Gasteiger partial charge in [-0.25, -0.2) is 0 Å². The Kier molecular flexibility index (Phi) is 4.18. The lowest BCUT2D eigenvalue weighted by atomic mass is 9.98. The normalized spacial score (nSPS) is 23.9. The van der Waals surface area contributed by atoms with Crippen LogP contribution in [0.15, 0.2) is 11.6 Å². The lowest BCUT2D eigenvalue weighted by Gasteiger charge is -2.21. The van der Waals surface area contributed by atoms with Crippen LogP contribution in [0, 0.1) is 5.92 Å². The highest BCUT2D eigenvalue weighted by Crippen LogP contribution is 2.20. The summed E-state index contributed by atoms with van der Waals surface area (Å²) in [6.45, 7) is 6.03. The molecule has 0 N–H and O–H groups in total. The average molecular weight is 196 g/mol. The molecule has 0 aliphatic heterocycles. The second-order valence-corrected chi connectivity index (χ2v) is 4.19. The molecule has 0 saturated carbocycles. The predicted octanol–water partition coefficient (Wildman–Crippen LogP) is 3.07. The molecule has 0 heterocycles. The molecule has 14 heavy (non-hydrogen) atoms. The SMILES string of the molecule is CC[C@H](C)C(=O)O[C@@H]1C=C(C)CCC1. The molecule has 1 aliphatic carbocycles. The lowest BCUT2D eigenvalue weighted by molar-refractivity contribution is -0.151. The highest BCUT2D eigenvalue weighted by molar-refractivity contribution is 5.72. The minimum atomic E-state index is -0.0524. The van der Waals surface area contributed by atoms with E-state index in [1.165, 1.54) is 5.57 Å². The van der Waals surface area contributed by atoms with Gasteiger partial charge in [0.05, 0.1) is 5.92 Å². The molecule has 0 unspecified atom stereocenters. The van der Waals surface area contributed by atoms with E-state index in [1.54, 1.807) is 0 Å². The molecule has 0 saturated heterocycles. The van der Waals surface area contributed by atoms with Crippen LogP contribution in [0.2, 0.25) is 0 Å². The smallest absolute Gasteiger partial charge is 0.309 e. The predicted molar refractivity (Wildman–Crippen MR) is 56.9 cm³/mol. The summed E-state index contributed by atoms with van der Waals surface area (Å²) in [5.41, 5.74) is 1.35. The molecule has 80 valence electrons. The third kappa shape index (κ3) is 3.17. The van der Waals surface area contributed by atoms with Crippen LogP contribution in [-0.4, -0.2) is 12.1 Å². The molecule has 1 aliphatic rings. The Morgan fingerprint density at radius 2 is 2.43 bits per heavy atom. The second kappa shape index (κ2) is 5.18. The zero-order valence-corrected chi connectivity index (χ0v) is 9.38. The first kappa shape index (κ1) is 11.3. The average Bonchev–Trinajstić information content (AvgIpc) is 2.16. The van der Waals surface area contributed by atoms with Crippen LogP contribution in [0.5, 0.6) is 0 Å². The molecule has 0 spiro atoms. The summed E-state index contributed by atoms with van der Waals surface area (Å²) in [5, 5.41) is 0. The van der Waals surface area contributed by atoms with Gasteiger partial charge < -0.3 is 4.74 Å². The molecule has 1 rings (SSSR count). The van der Waals surface area contributed by atoms with E-state index in [2.05, 4.69) is 13.0 Å². The first-order valence-electron chi connectivity index (χ1n) is 5.51. The number of carbonyl (C=O) groups is 1. The molecule has 2 atom stereocenters. The van der Waals surface area contributed by atoms with Crippen molar-refractivity contribution in [3.8, 4) is 0 Å². The molecule has 0 aromatic carbocycles. The Bertz CT molecular complexity index is 230. The van der Waals surface area contributed by atoms with E-state index in [0.29, 0.717) is 0 Å². The Morgan fingerprint density at radius 1 is 1.71 bits per heavy atom. The van der Waals surface area contributed by atoms with Crippen molar-refractivity contribution in [1.29, 1.82) is 0 Å². The van der Waals surface area contributed by atoms with E-state index < -0.39 is 0 Å². The fourth-order valence-electron chi connectivity index (χ4n) is 1.59. The largest absolute Gasteiger partial charge is 0.458 e. The molecule has 0 bridgehead atoms. The maximum absolute atomic E-state index is 11.5. The van der Waals surface area contributed by atoms with Gasteiger partial charge in [0.2, 0.25) is 0 Å². The van der Waals surface area contributed by atoms with Crippen molar-refractivity contribution < 1.29 is 9.53 Å². The minimum absolute atomic E-state index is 0.0326. The van der Waals surface area contributed by atoms with E-state index in [9.17, 15) is 4.79 Å². The van der Waals surface area contributed by atoms with Crippen molar-refractivity contribution in [3.05, 3.63) is 11.6 Å². The van der Waals surface area contributed by atoms with E-state index in [-0.39, 0.29) is 18.0 Å². The van der Waals surface area contributed by atoms with E-state index in [1.807, 2.05) is 13.8 Å². The molecule has 0 radical (unpaired) electrons. The van der Waals surface area contributed by atoms with Gasteiger partial charge in [-0.3, -0.25) is 4.79 Å². The van der Waals surface area contributed by atoms with E-state index >= 15 is 0 Å². The maximum Gasteiger partial charge on any atom is 0.309 e. The van der Waals surface area contributed by atoms with Gasteiger partial charge in [-0.2, -0.15) is 0 Å². The zero-order valence-electron chi connectivity index (χ0n) is 9.38. The van der Waals surface area contributed by atoms with Gasteiger partial charge in [-0.1, -0.05) is 19.4 Å². The minimum Gasteiger partial charge on any atom is -0.458 e. The van der Waals surface area contributed by atoms with Gasteiger partial charge >= 0.3 is 5.97 Å². The van der Waals surface area contributed by atoms with Gasteiger partial charge in [-0.15, -0.1) is 0 Å². The number of allylic oxidation sites excluding steroid dienone is 1. The monoisotopic (exact) mass is 196 g/mol. The van der Waals surface area contributed by atoms with Crippen LogP contribution in [0.3, 0.4) is 0 Å². The fraction of sp³-hybridized carbons (Fsp3) is 0.750. The molecule has 0 fully saturated rings. The van der Waals surface area contributed by atoms with Gasteiger partial charge in [0, 0.05) is 0 Å². The third-order valence-corrected chi connectivity index (χ3v) is 2.81. The lowest BCUT2D eigenvalue weighted by Crippen LogP contribution is -2.22. The number of hydrogen-bond acceptors (Lipinski definition) is 2. The van der Waals surface area contributed by atoms with Crippen LogP contribution in [0.25, 0.3) is 0 Å². The fourth-order valence-corrected chi connectivity index (χ4v) is 1.59. The standard InChI is InChI=1S/C12H20O2/c1-4-10(3)12(13)14-11-7-5-6-9(2)8-11/h8,10-11H,4-7H2,1-3H3/t10-,11-/m0/s1. The zero-order chi connectivity index (χ0) is 10.6. The summed E-state index contributed by atoms with van der Waals surface area (Å²) in [6, 6.07) is 0.